The zero-order valence-electron chi connectivity index (χ0n) is 14.0. The van der Waals surface area contributed by atoms with Crippen molar-refractivity contribution in [3.05, 3.63) is 59.7 Å². The Morgan fingerprint density at radius 3 is 2.64 bits per heavy atom. The second kappa shape index (κ2) is 7.61. The number of benzene rings is 2. The van der Waals surface area contributed by atoms with Gasteiger partial charge in [0, 0.05) is 18.8 Å². The molecule has 0 saturated carbocycles. The van der Waals surface area contributed by atoms with Crippen LogP contribution in [0.15, 0.2) is 48.5 Å². The SMILES string of the molecule is CN(CC(=O)N1CCc2ccccc21)Cc1ccc(OC(F)F)cc1. The average Bonchev–Trinajstić information content (AvgIpc) is 3.00. The van der Waals surface area contributed by atoms with Gasteiger partial charge in [-0.05, 0) is 42.8 Å². The lowest BCUT2D eigenvalue weighted by molar-refractivity contribution is -0.119. The summed E-state index contributed by atoms with van der Waals surface area (Å²) >= 11 is 0. The summed E-state index contributed by atoms with van der Waals surface area (Å²) in [6.07, 6.45) is 0.886. The van der Waals surface area contributed by atoms with Crippen molar-refractivity contribution in [1.29, 1.82) is 0 Å². The van der Waals surface area contributed by atoms with Crippen LogP contribution in [0.5, 0.6) is 5.75 Å². The predicted octanol–water partition coefficient (Wildman–Crippen LogP) is 3.31. The van der Waals surface area contributed by atoms with E-state index in [1.165, 1.54) is 17.7 Å². The first-order chi connectivity index (χ1) is 12.0. The average molecular weight is 346 g/mol. The van der Waals surface area contributed by atoms with Crippen LogP contribution in [0.2, 0.25) is 0 Å². The third-order valence-corrected chi connectivity index (χ3v) is 4.19. The summed E-state index contributed by atoms with van der Waals surface area (Å²) in [6, 6.07) is 14.4. The number of para-hydroxylation sites is 1. The molecular weight excluding hydrogens is 326 g/mol. The van der Waals surface area contributed by atoms with Crippen molar-refractivity contribution in [2.24, 2.45) is 0 Å². The Bertz CT molecular complexity index is 734. The number of hydrogen-bond donors (Lipinski definition) is 0. The quantitative estimate of drug-likeness (QED) is 0.804. The van der Waals surface area contributed by atoms with E-state index in [9.17, 15) is 13.6 Å². The molecule has 0 atom stereocenters. The highest BCUT2D eigenvalue weighted by atomic mass is 19.3. The maximum Gasteiger partial charge on any atom is 0.387 e. The molecule has 4 nitrogen and oxygen atoms in total. The van der Waals surface area contributed by atoms with Crippen LogP contribution in [0.3, 0.4) is 0 Å². The van der Waals surface area contributed by atoms with E-state index in [2.05, 4.69) is 10.8 Å². The first-order valence-corrected chi connectivity index (χ1v) is 8.13. The standard InChI is InChI=1S/C19H20F2N2O2/c1-22(12-14-6-8-16(9-7-14)25-19(20)21)13-18(24)23-11-10-15-4-2-3-5-17(15)23/h2-9,19H,10-13H2,1H3. The molecule has 0 aromatic heterocycles. The molecule has 25 heavy (non-hydrogen) atoms. The predicted molar refractivity (Wildman–Crippen MR) is 91.9 cm³/mol. The first-order valence-electron chi connectivity index (χ1n) is 8.13. The number of rotatable bonds is 6. The van der Waals surface area contributed by atoms with Crippen LogP contribution in [-0.4, -0.2) is 37.6 Å². The maximum atomic E-state index is 12.6. The van der Waals surface area contributed by atoms with Gasteiger partial charge in [0.05, 0.1) is 6.54 Å². The molecular formula is C19H20F2N2O2. The topological polar surface area (TPSA) is 32.8 Å². The van der Waals surface area contributed by atoms with E-state index in [1.54, 1.807) is 12.1 Å². The van der Waals surface area contributed by atoms with Gasteiger partial charge in [-0.25, -0.2) is 0 Å². The van der Waals surface area contributed by atoms with Crippen molar-refractivity contribution in [3.63, 3.8) is 0 Å². The molecule has 0 aliphatic carbocycles. The minimum atomic E-state index is -2.82. The zero-order valence-corrected chi connectivity index (χ0v) is 14.0. The number of likely N-dealkylation sites (N-methyl/N-ethyl adjacent to an activating group) is 1. The van der Waals surface area contributed by atoms with Gasteiger partial charge in [-0.15, -0.1) is 0 Å². The van der Waals surface area contributed by atoms with Crippen LogP contribution in [-0.2, 0) is 17.8 Å². The molecule has 1 aliphatic rings. The van der Waals surface area contributed by atoms with E-state index in [1.807, 2.05) is 35.0 Å². The van der Waals surface area contributed by atoms with Crippen LogP contribution in [0.4, 0.5) is 14.5 Å². The zero-order chi connectivity index (χ0) is 17.8. The number of carbonyl (C=O) groups is 1. The van der Waals surface area contributed by atoms with Gasteiger partial charge in [-0.2, -0.15) is 8.78 Å². The van der Waals surface area contributed by atoms with Gasteiger partial charge < -0.3 is 9.64 Å². The third-order valence-electron chi connectivity index (χ3n) is 4.19. The number of nitrogens with zero attached hydrogens (tertiary/aromatic N) is 2. The lowest BCUT2D eigenvalue weighted by atomic mass is 10.2. The molecule has 132 valence electrons. The van der Waals surface area contributed by atoms with E-state index >= 15 is 0 Å². The van der Waals surface area contributed by atoms with Crippen molar-refractivity contribution in [2.75, 3.05) is 25.0 Å². The summed E-state index contributed by atoms with van der Waals surface area (Å²) in [6.45, 7) is -1.26. The number of ether oxygens (including phenoxy) is 1. The molecule has 0 unspecified atom stereocenters. The van der Waals surface area contributed by atoms with E-state index in [0.29, 0.717) is 19.6 Å². The van der Waals surface area contributed by atoms with Gasteiger partial charge in [0.25, 0.3) is 0 Å². The Morgan fingerprint density at radius 2 is 1.92 bits per heavy atom. The fraction of sp³-hybridized carbons (Fsp3) is 0.316. The van der Waals surface area contributed by atoms with Crippen molar-refractivity contribution in [1.82, 2.24) is 4.90 Å². The van der Waals surface area contributed by atoms with Crippen LogP contribution < -0.4 is 9.64 Å². The summed E-state index contributed by atoms with van der Waals surface area (Å²) in [7, 11) is 1.86. The minimum Gasteiger partial charge on any atom is -0.435 e. The van der Waals surface area contributed by atoms with Crippen LogP contribution in [0, 0.1) is 0 Å². The van der Waals surface area contributed by atoms with Crippen LogP contribution in [0.1, 0.15) is 11.1 Å². The van der Waals surface area contributed by atoms with Crippen molar-refractivity contribution < 1.29 is 18.3 Å². The molecule has 3 rings (SSSR count). The van der Waals surface area contributed by atoms with Gasteiger partial charge >= 0.3 is 6.61 Å². The second-order valence-corrected chi connectivity index (χ2v) is 6.12. The number of fused-ring (bicyclic) bond motifs is 1. The molecule has 6 heteroatoms. The Morgan fingerprint density at radius 1 is 1.20 bits per heavy atom. The first kappa shape index (κ1) is 17.4. The van der Waals surface area contributed by atoms with Gasteiger partial charge in [0.2, 0.25) is 5.91 Å². The van der Waals surface area contributed by atoms with Gasteiger partial charge in [-0.3, -0.25) is 9.69 Å². The highest BCUT2D eigenvalue weighted by Crippen LogP contribution is 2.27. The second-order valence-electron chi connectivity index (χ2n) is 6.12. The number of hydrogen-bond acceptors (Lipinski definition) is 3. The molecule has 0 bridgehead atoms. The molecule has 0 saturated heterocycles. The maximum absolute atomic E-state index is 12.6. The van der Waals surface area contributed by atoms with Crippen LogP contribution >= 0.6 is 0 Å². The van der Waals surface area contributed by atoms with E-state index < -0.39 is 6.61 Å². The highest BCUT2D eigenvalue weighted by molar-refractivity contribution is 5.96. The summed E-state index contributed by atoms with van der Waals surface area (Å²) in [5.41, 5.74) is 3.13. The van der Waals surface area contributed by atoms with Crippen LogP contribution in [0.25, 0.3) is 0 Å². The summed E-state index contributed by atoms with van der Waals surface area (Å²) in [5.74, 6) is 0.191. The molecule has 1 amide bonds. The summed E-state index contributed by atoms with van der Waals surface area (Å²) < 4.78 is 28.6. The summed E-state index contributed by atoms with van der Waals surface area (Å²) in [4.78, 5) is 16.3. The smallest absolute Gasteiger partial charge is 0.387 e. The fourth-order valence-electron chi connectivity index (χ4n) is 3.06. The monoisotopic (exact) mass is 346 g/mol. The van der Waals surface area contributed by atoms with E-state index in [4.69, 9.17) is 0 Å². The van der Waals surface area contributed by atoms with Crippen molar-refractivity contribution in [2.45, 2.75) is 19.6 Å². The Labute approximate surface area is 145 Å². The molecule has 1 aliphatic heterocycles. The highest BCUT2D eigenvalue weighted by Gasteiger charge is 2.24. The Kier molecular flexibility index (Phi) is 5.28. The molecule has 0 radical (unpaired) electrons. The van der Waals surface area contributed by atoms with Crippen molar-refractivity contribution in [3.8, 4) is 5.75 Å². The fourth-order valence-corrected chi connectivity index (χ4v) is 3.06. The molecule has 2 aromatic rings. The number of halogens is 2. The molecule has 0 fully saturated rings. The van der Waals surface area contributed by atoms with Gasteiger partial charge in [0.1, 0.15) is 5.75 Å². The lowest BCUT2D eigenvalue weighted by Crippen LogP contribution is -2.37. The largest absolute Gasteiger partial charge is 0.435 e. The van der Waals surface area contributed by atoms with Crippen molar-refractivity contribution >= 4 is 11.6 Å². The molecule has 2 aromatic carbocycles. The van der Waals surface area contributed by atoms with Gasteiger partial charge in [0.15, 0.2) is 0 Å². The minimum absolute atomic E-state index is 0.0603. The van der Waals surface area contributed by atoms with Gasteiger partial charge in [-0.1, -0.05) is 30.3 Å². The number of amides is 1. The molecule has 0 spiro atoms. The third kappa shape index (κ3) is 4.33. The Balaban J connectivity index is 1.56. The number of carbonyl (C=O) groups excluding carboxylic acids is 1. The number of alkyl halides is 2. The normalized spacial score (nSPS) is 13.4. The van der Waals surface area contributed by atoms with E-state index in [-0.39, 0.29) is 11.7 Å². The lowest BCUT2D eigenvalue weighted by Gasteiger charge is -2.22. The number of anilines is 1. The molecule has 0 N–H and O–H groups in total. The van der Waals surface area contributed by atoms with E-state index in [0.717, 1.165) is 17.7 Å². The summed E-state index contributed by atoms with van der Waals surface area (Å²) in [5, 5.41) is 0. The Hall–Kier alpha value is -2.47. The molecule has 1 heterocycles.